The maximum absolute atomic E-state index is 11.9. The van der Waals surface area contributed by atoms with Crippen molar-refractivity contribution in [3.8, 4) is 0 Å². The molecule has 0 spiro atoms. The van der Waals surface area contributed by atoms with Crippen LogP contribution < -0.4 is 0 Å². The molecule has 4 nitrogen and oxygen atoms in total. The van der Waals surface area contributed by atoms with E-state index in [0.29, 0.717) is 6.54 Å². The number of hydrogen-bond donors (Lipinski definition) is 0. The predicted molar refractivity (Wildman–Crippen MR) is 79.6 cm³/mol. The minimum Gasteiger partial charge on any atom is -0.453 e. The van der Waals surface area contributed by atoms with Crippen molar-refractivity contribution < 1.29 is 9.53 Å². The van der Waals surface area contributed by atoms with E-state index in [1.165, 1.54) is 23.8 Å². The number of carbonyl (C=O) groups excluding carboxylic acids is 1. The third kappa shape index (κ3) is 3.12. The van der Waals surface area contributed by atoms with Gasteiger partial charge in [0.15, 0.2) is 0 Å². The summed E-state index contributed by atoms with van der Waals surface area (Å²) in [7, 11) is 5.60. The van der Waals surface area contributed by atoms with Crippen molar-refractivity contribution in [3.05, 3.63) is 34.9 Å². The highest BCUT2D eigenvalue weighted by atomic mass is 16.5. The number of benzene rings is 1. The van der Waals surface area contributed by atoms with Gasteiger partial charge in [-0.15, -0.1) is 0 Å². The molecule has 0 N–H and O–H groups in total. The summed E-state index contributed by atoms with van der Waals surface area (Å²) in [6.07, 6.45) is 1.65. The first-order valence-electron chi connectivity index (χ1n) is 7.15. The van der Waals surface area contributed by atoms with Gasteiger partial charge in [0.25, 0.3) is 0 Å². The van der Waals surface area contributed by atoms with Gasteiger partial charge >= 0.3 is 6.09 Å². The summed E-state index contributed by atoms with van der Waals surface area (Å²) in [6.45, 7) is 3.73. The summed E-state index contributed by atoms with van der Waals surface area (Å²) in [5.41, 5.74) is 3.94. The van der Waals surface area contributed by atoms with E-state index < -0.39 is 0 Å². The normalized spacial score (nSPS) is 18.1. The number of methoxy groups -OCH3 is 1. The molecule has 0 bridgehead atoms. The molecule has 1 aliphatic rings. The summed E-state index contributed by atoms with van der Waals surface area (Å²) in [5.74, 6) is 0. The van der Waals surface area contributed by atoms with Crippen LogP contribution in [0.4, 0.5) is 4.79 Å². The number of carbonyl (C=O) groups is 1. The smallest absolute Gasteiger partial charge is 0.410 e. The minimum atomic E-state index is -0.222. The summed E-state index contributed by atoms with van der Waals surface area (Å²) in [4.78, 5) is 15.9. The highest BCUT2D eigenvalue weighted by molar-refractivity contribution is 5.68. The quantitative estimate of drug-likeness (QED) is 0.851. The van der Waals surface area contributed by atoms with Crippen LogP contribution in [0.15, 0.2) is 18.2 Å². The lowest BCUT2D eigenvalue weighted by atomic mass is 9.91. The molecule has 0 aromatic heterocycles. The number of amides is 1. The Morgan fingerprint density at radius 3 is 2.75 bits per heavy atom. The second-order valence-electron chi connectivity index (χ2n) is 5.70. The molecular weight excluding hydrogens is 252 g/mol. The molecule has 1 amide bonds. The Balaban J connectivity index is 2.24. The Bertz CT molecular complexity index is 485. The van der Waals surface area contributed by atoms with Crippen molar-refractivity contribution in [2.75, 3.05) is 21.2 Å². The zero-order chi connectivity index (χ0) is 14.7. The molecule has 1 aromatic rings. The second kappa shape index (κ2) is 6.27. The van der Waals surface area contributed by atoms with Gasteiger partial charge in [-0.05, 0) is 43.6 Å². The predicted octanol–water partition coefficient (Wildman–Crippen LogP) is 2.65. The maximum Gasteiger partial charge on any atom is 0.410 e. The molecule has 1 heterocycles. The number of fused-ring (bicyclic) bond motifs is 1. The first-order valence-corrected chi connectivity index (χ1v) is 7.15. The molecule has 0 radical (unpaired) electrons. The standard InChI is InChI=1S/C16H24N2O2/c1-5-15-9-14-8-12(10-17(2)3)6-7-13(14)11-18(15)16(19)20-4/h6-8,15H,5,9-11H2,1-4H3. The monoisotopic (exact) mass is 276 g/mol. The molecule has 0 aliphatic carbocycles. The van der Waals surface area contributed by atoms with Crippen molar-refractivity contribution in [2.24, 2.45) is 0 Å². The lowest BCUT2D eigenvalue weighted by molar-refractivity contribution is 0.0949. The van der Waals surface area contributed by atoms with Gasteiger partial charge in [0.1, 0.15) is 0 Å². The van der Waals surface area contributed by atoms with Crippen LogP contribution in [-0.2, 0) is 24.2 Å². The number of rotatable bonds is 3. The zero-order valence-electron chi connectivity index (χ0n) is 12.8. The summed E-state index contributed by atoms with van der Waals surface area (Å²) < 4.78 is 4.89. The van der Waals surface area contributed by atoms with E-state index in [1.807, 2.05) is 4.90 Å². The van der Waals surface area contributed by atoms with Crippen LogP contribution in [0.1, 0.15) is 30.0 Å². The van der Waals surface area contributed by atoms with Gasteiger partial charge in [0.05, 0.1) is 7.11 Å². The fraction of sp³-hybridized carbons (Fsp3) is 0.562. The van der Waals surface area contributed by atoms with Crippen molar-refractivity contribution >= 4 is 6.09 Å². The molecule has 110 valence electrons. The van der Waals surface area contributed by atoms with E-state index in [1.54, 1.807) is 0 Å². The Labute approximate surface area is 121 Å². The van der Waals surface area contributed by atoms with E-state index in [9.17, 15) is 4.79 Å². The van der Waals surface area contributed by atoms with Gasteiger partial charge in [-0.2, -0.15) is 0 Å². The van der Waals surface area contributed by atoms with Crippen molar-refractivity contribution in [2.45, 2.75) is 38.9 Å². The molecule has 1 aromatic carbocycles. The Morgan fingerprint density at radius 1 is 1.40 bits per heavy atom. The summed E-state index contributed by atoms with van der Waals surface area (Å²) in [6, 6.07) is 6.83. The fourth-order valence-electron chi connectivity index (χ4n) is 2.86. The molecular formula is C16H24N2O2. The number of ether oxygens (including phenoxy) is 1. The third-order valence-electron chi connectivity index (χ3n) is 3.89. The molecule has 1 aliphatic heterocycles. The van der Waals surface area contributed by atoms with Gasteiger partial charge in [0, 0.05) is 19.1 Å². The Morgan fingerprint density at radius 2 is 2.15 bits per heavy atom. The van der Waals surface area contributed by atoms with Crippen LogP contribution in [0, 0.1) is 0 Å². The van der Waals surface area contributed by atoms with Gasteiger partial charge in [-0.3, -0.25) is 0 Å². The molecule has 1 atom stereocenters. The Kier molecular flexibility index (Phi) is 4.65. The topological polar surface area (TPSA) is 32.8 Å². The summed E-state index contributed by atoms with van der Waals surface area (Å²) >= 11 is 0. The average molecular weight is 276 g/mol. The first kappa shape index (κ1) is 14.9. The third-order valence-corrected chi connectivity index (χ3v) is 3.89. The molecule has 0 fully saturated rings. The second-order valence-corrected chi connectivity index (χ2v) is 5.70. The van der Waals surface area contributed by atoms with Gasteiger partial charge < -0.3 is 14.5 Å². The highest BCUT2D eigenvalue weighted by Gasteiger charge is 2.29. The minimum absolute atomic E-state index is 0.222. The van der Waals surface area contributed by atoms with Crippen molar-refractivity contribution in [3.63, 3.8) is 0 Å². The molecule has 1 unspecified atom stereocenters. The first-order chi connectivity index (χ1) is 9.55. The average Bonchev–Trinajstić information content (AvgIpc) is 2.44. The van der Waals surface area contributed by atoms with E-state index in [4.69, 9.17) is 4.74 Å². The van der Waals surface area contributed by atoms with E-state index in [-0.39, 0.29) is 12.1 Å². The SMILES string of the molecule is CCC1Cc2cc(CN(C)C)ccc2CN1C(=O)OC. The van der Waals surface area contributed by atoms with E-state index in [0.717, 1.165) is 19.4 Å². The van der Waals surface area contributed by atoms with Crippen LogP contribution in [0.3, 0.4) is 0 Å². The molecule has 4 heteroatoms. The Hall–Kier alpha value is -1.55. The van der Waals surface area contributed by atoms with E-state index >= 15 is 0 Å². The van der Waals surface area contributed by atoms with Gasteiger partial charge in [0.2, 0.25) is 0 Å². The maximum atomic E-state index is 11.9. The largest absolute Gasteiger partial charge is 0.453 e. The highest BCUT2D eigenvalue weighted by Crippen LogP contribution is 2.26. The zero-order valence-corrected chi connectivity index (χ0v) is 12.8. The van der Waals surface area contributed by atoms with Crippen molar-refractivity contribution in [1.82, 2.24) is 9.80 Å². The van der Waals surface area contributed by atoms with Crippen LogP contribution in [0.25, 0.3) is 0 Å². The van der Waals surface area contributed by atoms with Crippen LogP contribution >= 0.6 is 0 Å². The molecule has 2 rings (SSSR count). The van der Waals surface area contributed by atoms with Crippen LogP contribution in [0.2, 0.25) is 0 Å². The van der Waals surface area contributed by atoms with Gasteiger partial charge in [-0.25, -0.2) is 4.79 Å². The van der Waals surface area contributed by atoms with Crippen molar-refractivity contribution in [1.29, 1.82) is 0 Å². The lowest BCUT2D eigenvalue weighted by Gasteiger charge is -2.35. The fourth-order valence-corrected chi connectivity index (χ4v) is 2.86. The molecule has 20 heavy (non-hydrogen) atoms. The number of hydrogen-bond acceptors (Lipinski definition) is 3. The summed E-state index contributed by atoms with van der Waals surface area (Å²) in [5, 5.41) is 0. The van der Waals surface area contributed by atoms with Gasteiger partial charge in [-0.1, -0.05) is 25.1 Å². The lowest BCUT2D eigenvalue weighted by Crippen LogP contribution is -2.43. The molecule has 0 saturated heterocycles. The van der Waals surface area contributed by atoms with Crippen LogP contribution in [0.5, 0.6) is 0 Å². The van der Waals surface area contributed by atoms with E-state index in [2.05, 4.69) is 44.1 Å². The molecule has 0 saturated carbocycles. The van der Waals surface area contributed by atoms with Crippen LogP contribution in [-0.4, -0.2) is 43.1 Å². The number of nitrogens with zero attached hydrogens (tertiary/aromatic N) is 2.